The van der Waals surface area contributed by atoms with Gasteiger partial charge in [-0.25, -0.2) is 4.79 Å². The summed E-state index contributed by atoms with van der Waals surface area (Å²) in [7, 11) is 1.57. The number of rotatable bonds is 6. The van der Waals surface area contributed by atoms with E-state index in [1.54, 1.807) is 31.4 Å². The summed E-state index contributed by atoms with van der Waals surface area (Å²) < 4.78 is 11.0. The Morgan fingerprint density at radius 3 is 2.69 bits per heavy atom. The lowest BCUT2D eigenvalue weighted by Gasteiger charge is -2.38. The highest BCUT2D eigenvalue weighted by molar-refractivity contribution is 5.89. The summed E-state index contributed by atoms with van der Waals surface area (Å²) in [6.45, 7) is 4.01. The van der Waals surface area contributed by atoms with E-state index < -0.39 is 12.2 Å². The number of nitrogens with one attached hydrogen (secondary N) is 2. The van der Waals surface area contributed by atoms with Gasteiger partial charge in [0.1, 0.15) is 18.0 Å². The van der Waals surface area contributed by atoms with E-state index in [2.05, 4.69) is 22.5 Å². The highest BCUT2D eigenvalue weighted by atomic mass is 35.5. The largest absolute Gasteiger partial charge is 0.497 e. The quantitative estimate of drug-likeness (QED) is 0.546. The van der Waals surface area contributed by atoms with Crippen LogP contribution >= 0.6 is 12.4 Å². The summed E-state index contributed by atoms with van der Waals surface area (Å²) in [6.07, 6.45) is 0.369. The maximum atomic E-state index is 12.3. The minimum absolute atomic E-state index is 0. The number of hydrogen-bond acceptors (Lipinski definition) is 6. The van der Waals surface area contributed by atoms with Crippen LogP contribution in [0.25, 0.3) is 0 Å². The molecule has 164 valence electrons. The van der Waals surface area contributed by atoms with Crippen molar-refractivity contribution in [1.82, 2.24) is 10.2 Å². The van der Waals surface area contributed by atoms with Crippen molar-refractivity contribution in [1.29, 1.82) is 0 Å². The van der Waals surface area contributed by atoms with E-state index in [1.165, 1.54) is 0 Å². The number of urea groups is 1. The summed E-state index contributed by atoms with van der Waals surface area (Å²) in [4.78, 5) is 14.5. The van der Waals surface area contributed by atoms with Crippen LogP contribution in [0.1, 0.15) is 19.8 Å². The summed E-state index contributed by atoms with van der Waals surface area (Å²) in [5.74, 6) is 1.33. The fourth-order valence-electron chi connectivity index (χ4n) is 3.99. The van der Waals surface area contributed by atoms with Crippen molar-refractivity contribution < 1.29 is 24.5 Å². The molecule has 1 aromatic carbocycles. The first-order valence-electron chi connectivity index (χ1n) is 9.89. The van der Waals surface area contributed by atoms with Crippen LogP contribution in [0.2, 0.25) is 0 Å². The van der Waals surface area contributed by atoms with E-state index in [0.717, 1.165) is 25.9 Å². The number of amides is 2. The number of aliphatic hydroxyl groups is 2. The van der Waals surface area contributed by atoms with Crippen molar-refractivity contribution in [2.45, 2.75) is 44.1 Å². The number of likely N-dealkylation sites (tertiary alicyclic amines) is 1. The number of piperidine rings is 1. The summed E-state index contributed by atoms with van der Waals surface area (Å²) in [5, 5.41) is 25.7. The van der Waals surface area contributed by atoms with E-state index in [-0.39, 0.29) is 43.7 Å². The minimum Gasteiger partial charge on any atom is -0.497 e. The van der Waals surface area contributed by atoms with Crippen LogP contribution in [0.4, 0.5) is 10.5 Å². The van der Waals surface area contributed by atoms with E-state index in [1.807, 2.05) is 0 Å². The van der Waals surface area contributed by atoms with Crippen LogP contribution in [-0.4, -0.2) is 78.8 Å². The Morgan fingerprint density at radius 2 is 2.03 bits per heavy atom. The Labute approximate surface area is 178 Å². The first kappa shape index (κ1) is 23.7. The van der Waals surface area contributed by atoms with E-state index >= 15 is 0 Å². The third kappa shape index (κ3) is 5.96. The second-order valence-electron chi connectivity index (χ2n) is 7.66. The maximum Gasteiger partial charge on any atom is 0.319 e. The van der Waals surface area contributed by atoms with Gasteiger partial charge in [0.2, 0.25) is 0 Å². The standard InChI is InChI=1S/C20H31N3O5.ClH/c1-13-6-8-23(9-7-13)18-16(28-17(12-24)19(18)25)11-21-20(26)22-14-4-3-5-15(10-14)27-2;/h3-5,10,13,16-19,24-25H,6-9,11-12H2,1-2H3,(H2,21,22,26);1H/t16-,17+,18+,19-;/m1./s1. The van der Waals surface area contributed by atoms with Gasteiger partial charge in [0.25, 0.3) is 0 Å². The highest BCUT2D eigenvalue weighted by Crippen LogP contribution is 2.29. The molecule has 2 amide bonds. The van der Waals surface area contributed by atoms with Gasteiger partial charge >= 0.3 is 6.03 Å². The number of aliphatic hydroxyl groups excluding tert-OH is 2. The first-order chi connectivity index (χ1) is 13.5. The molecule has 4 atom stereocenters. The molecule has 0 aromatic heterocycles. The lowest BCUT2D eigenvalue weighted by molar-refractivity contribution is -0.0205. The molecule has 0 unspecified atom stereocenters. The Balaban J connectivity index is 0.00000300. The summed E-state index contributed by atoms with van der Waals surface area (Å²) >= 11 is 0. The fraction of sp³-hybridized carbons (Fsp3) is 0.650. The lowest BCUT2D eigenvalue weighted by atomic mass is 9.94. The van der Waals surface area contributed by atoms with Gasteiger partial charge in [0.15, 0.2) is 0 Å². The molecule has 1 aromatic rings. The fourth-order valence-corrected chi connectivity index (χ4v) is 3.99. The predicted octanol–water partition coefficient (Wildman–Crippen LogP) is 1.46. The molecule has 0 aliphatic carbocycles. The molecule has 29 heavy (non-hydrogen) atoms. The van der Waals surface area contributed by atoms with Gasteiger partial charge in [-0.15, -0.1) is 12.4 Å². The van der Waals surface area contributed by atoms with E-state index in [4.69, 9.17) is 9.47 Å². The smallest absolute Gasteiger partial charge is 0.319 e. The van der Waals surface area contributed by atoms with Gasteiger partial charge in [0.05, 0.1) is 25.9 Å². The minimum atomic E-state index is -0.772. The molecule has 0 saturated carbocycles. The molecule has 2 aliphatic rings. The summed E-state index contributed by atoms with van der Waals surface area (Å²) in [6, 6.07) is 6.51. The van der Waals surface area contributed by atoms with Gasteiger partial charge in [-0.2, -0.15) is 0 Å². The molecule has 0 radical (unpaired) electrons. The molecular formula is C20H32ClN3O5. The molecule has 2 saturated heterocycles. The molecule has 0 bridgehead atoms. The number of ether oxygens (including phenoxy) is 2. The number of carbonyl (C=O) groups is 1. The van der Waals surface area contributed by atoms with Crippen LogP contribution in [0.5, 0.6) is 5.75 Å². The summed E-state index contributed by atoms with van der Waals surface area (Å²) in [5.41, 5.74) is 0.624. The average molecular weight is 430 g/mol. The van der Waals surface area contributed by atoms with Crippen LogP contribution in [-0.2, 0) is 4.74 Å². The van der Waals surface area contributed by atoms with Crippen molar-refractivity contribution in [3.05, 3.63) is 24.3 Å². The topological polar surface area (TPSA) is 103 Å². The predicted molar refractivity (Wildman–Crippen MR) is 113 cm³/mol. The van der Waals surface area contributed by atoms with Crippen molar-refractivity contribution in [3.63, 3.8) is 0 Å². The number of hydrogen-bond donors (Lipinski definition) is 4. The Kier molecular flexibility index (Phi) is 8.98. The van der Waals surface area contributed by atoms with Crippen molar-refractivity contribution >= 4 is 24.1 Å². The molecule has 0 spiro atoms. The average Bonchev–Trinajstić information content (AvgIpc) is 3.02. The van der Waals surface area contributed by atoms with E-state index in [9.17, 15) is 15.0 Å². The van der Waals surface area contributed by atoms with Crippen molar-refractivity contribution in [2.24, 2.45) is 5.92 Å². The number of halogens is 1. The third-order valence-corrected chi connectivity index (χ3v) is 5.67. The molecule has 2 aliphatic heterocycles. The van der Waals surface area contributed by atoms with Crippen molar-refractivity contribution in [3.8, 4) is 5.75 Å². The maximum absolute atomic E-state index is 12.3. The Bertz CT molecular complexity index is 657. The van der Waals surface area contributed by atoms with Gasteiger partial charge in [-0.05, 0) is 44.0 Å². The number of benzene rings is 1. The highest BCUT2D eigenvalue weighted by Gasteiger charge is 2.46. The molecule has 8 nitrogen and oxygen atoms in total. The SMILES string of the molecule is COc1cccc(NC(=O)NC[C@H]2O[C@@H](CO)[C@@H](O)[C@H]2N2CCC(C)CC2)c1.Cl. The number of nitrogens with zero attached hydrogens (tertiary/aromatic N) is 1. The van der Waals surface area contributed by atoms with Crippen LogP contribution in [0, 0.1) is 5.92 Å². The number of methoxy groups -OCH3 is 1. The zero-order valence-electron chi connectivity index (χ0n) is 16.9. The van der Waals surface area contributed by atoms with Gasteiger partial charge in [-0.3, -0.25) is 4.90 Å². The van der Waals surface area contributed by atoms with E-state index in [0.29, 0.717) is 17.4 Å². The number of carbonyl (C=O) groups excluding carboxylic acids is 1. The van der Waals surface area contributed by atoms with Gasteiger partial charge in [-0.1, -0.05) is 13.0 Å². The molecule has 4 N–H and O–H groups in total. The third-order valence-electron chi connectivity index (χ3n) is 5.67. The van der Waals surface area contributed by atoms with Gasteiger partial charge in [0, 0.05) is 18.3 Å². The van der Waals surface area contributed by atoms with Gasteiger partial charge < -0.3 is 30.3 Å². The van der Waals surface area contributed by atoms with Crippen LogP contribution in [0.3, 0.4) is 0 Å². The molecule has 3 rings (SSSR count). The van der Waals surface area contributed by atoms with Crippen LogP contribution in [0.15, 0.2) is 24.3 Å². The van der Waals surface area contributed by atoms with Crippen LogP contribution < -0.4 is 15.4 Å². The van der Waals surface area contributed by atoms with Crippen molar-refractivity contribution in [2.75, 3.05) is 38.7 Å². The first-order valence-corrected chi connectivity index (χ1v) is 9.89. The zero-order valence-corrected chi connectivity index (χ0v) is 17.7. The molecule has 2 fully saturated rings. The monoisotopic (exact) mass is 429 g/mol. The lowest BCUT2D eigenvalue weighted by Crippen LogP contribution is -2.53. The molecular weight excluding hydrogens is 398 g/mol. The second-order valence-corrected chi connectivity index (χ2v) is 7.66. The Hall–Kier alpha value is -1.58. The Morgan fingerprint density at radius 1 is 1.31 bits per heavy atom. The molecule has 2 heterocycles. The normalized spacial score (nSPS) is 27.9. The molecule has 9 heteroatoms. The second kappa shape index (κ2) is 11.0. The zero-order chi connectivity index (χ0) is 20.1. The number of anilines is 1.